The number of hydrogen-bond acceptors (Lipinski definition) is 5. The van der Waals surface area contributed by atoms with Crippen molar-refractivity contribution in [2.45, 2.75) is 19.4 Å². The molecule has 0 amide bonds. The van der Waals surface area contributed by atoms with E-state index in [1.54, 1.807) is 0 Å². The average molecular weight is 242 g/mol. The molecule has 1 aromatic carbocycles. The Morgan fingerprint density at radius 1 is 1.24 bits per heavy atom. The number of benzene rings is 1. The Balaban J connectivity index is 1.95. The maximum atomic E-state index is 13.0. The molecule has 0 fully saturated rings. The lowest BCUT2D eigenvalue weighted by Crippen LogP contribution is -2.30. The molecule has 0 aromatic heterocycles. The Labute approximate surface area is 94.7 Å². The number of carbonyl (C=O) groups is 1. The van der Waals surface area contributed by atoms with Crippen LogP contribution >= 0.6 is 0 Å². The van der Waals surface area contributed by atoms with Crippen LogP contribution in [0.3, 0.4) is 0 Å². The minimum absolute atomic E-state index is 0.210. The Bertz CT molecular complexity index is 482. The zero-order valence-electron chi connectivity index (χ0n) is 8.71. The van der Waals surface area contributed by atoms with Gasteiger partial charge in [0.15, 0.2) is 11.5 Å². The van der Waals surface area contributed by atoms with Crippen LogP contribution in [0, 0.1) is 0 Å². The van der Waals surface area contributed by atoms with Gasteiger partial charge in [-0.15, -0.1) is 0 Å². The third-order valence-electron chi connectivity index (χ3n) is 2.47. The number of rotatable bonds is 1. The Morgan fingerprint density at radius 2 is 1.71 bits per heavy atom. The van der Waals surface area contributed by atoms with Gasteiger partial charge < -0.3 is 20.1 Å². The second kappa shape index (κ2) is 2.99. The molecule has 0 atom stereocenters. The molecule has 17 heavy (non-hydrogen) atoms. The first-order chi connectivity index (χ1) is 7.94. The molecule has 0 bridgehead atoms. The predicted octanol–water partition coefficient (Wildman–Crippen LogP) is 1.76. The van der Waals surface area contributed by atoms with Crippen LogP contribution in [0.15, 0.2) is 12.1 Å². The fourth-order valence-corrected chi connectivity index (χ4v) is 1.74. The summed E-state index contributed by atoms with van der Waals surface area (Å²) in [6.07, 6.45) is -4.18. The monoisotopic (exact) mass is 242 g/mol. The van der Waals surface area contributed by atoms with Crippen molar-refractivity contribution in [3.05, 3.63) is 12.1 Å². The maximum Gasteiger partial charge on any atom is 0.409 e. The highest BCUT2D eigenvalue weighted by atomic mass is 19.3. The van der Waals surface area contributed by atoms with E-state index in [1.165, 1.54) is 19.1 Å². The standard InChI is InChI=1S/C10H8F2N2O3/c1-4(15)9-16-7-2-5-6(3-8(7)17-9)14-10(11,12)13-5/h2-3,9,13-14H,1H3. The van der Waals surface area contributed by atoms with E-state index in [4.69, 9.17) is 9.47 Å². The highest BCUT2D eigenvalue weighted by Gasteiger charge is 2.39. The van der Waals surface area contributed by atoms with Crippen molar-refractivity contribution in [2.75, 3.05) is 10.6 Å². The van der Waals surface area contributed by atoms with E-state index < -0.39 is 12.5 Å². The summed E-state index contributed by atoms with van der Waals surface area (Å²) in [5.74, 6) is 0.263. The van der Waals surface area contributed by atoms with Crippen molar-refractivity contribution in [3.63, 3.8) is 0 Å². The first-order valence-corrected chi connectivity index (χ1v) is 4.91. The van der Waals surface area contributed by atoms with E-state index in [0.717, 1.165) is 0 Å². The molecule has 0 saturated heterocycles. The normalized spacial score (nSPS) is 19.5. The molecule has 2 N–H and O–H groups in total. The lowest BCUT2D eigenvalue weighted by atomic mass is 10.2. The zero-order valence-corrected chi connectivity index (χ0v) is 8.71. The molecule has 2 heterocycles. The third-order valence-corrected chi connectivity index (χ3v) is 2.47. The van der Waals surface area contributed by atoms with E-state index >= 15 is 0 Å². The van der Waals surface area contributed by atoms with Crippen LogP contribution in [-0.2, 0) is 4.79 Å². The largest absolute Gasteiger partial charge is 0.444 e. The summed E-state index contributed by atoms with van der Waals surface area (Å²) in [4.78, 5) is 11.1. The summed E-state index contributed by atoms with van der Waals surface area (Å²) in [5.41, 5.74) is 0.420. The fraction of sp³-hybridized carbons (Fsp3) is 0.300. The number of nitrogens with one attached hydrogen (secondary N) is 2. The minimum atomic E-state index is -3.18. The van der Waals surface area contributed by atoms with Crippen molar-refractivity contribution < 1.29 is 23.0 Å². The van der Waals surface area contributed by atoms with Crippen LogP contribution in [0.1, 0.15) is 6.92 Å². The number of hydrogen-bond donors (Lipinski definition) is 2. The van der Waals surface area contributed by atoms with Crippen molar-refractivity contribution in [1.82, 2.24) is 0 Å². The van der Waals surface area contributed by atoms with Gasteiger partial charge in [-0.05, 0) is 0 Å². The SMILES string of the molecule is CC(=O)C1Oc2cc3c(cc2O1)NC(F)(F)N3. The Kier molecular flexibility index (Phi) is 1.78. The second-order valence-electron chi connectivity index (χ2n) is 3.85. The van der Waals surface area contributed by atoms with E-state index in [2.05, 4.69) is 0 Å². The molecule has 1 aromatic rings. The van der Waals surface area contributed by atoms with Gasteiger partial charge in [0, 0.05) is 19.1 Å². The van der Waals surface area contributed by atoms with Crippen LogP contribution < -0.4 is 20.1 Å². The molecule has 3 rings (SSSR count). The van der Waals surface area contributed by atoms with Crippen molar-refractivity contribution >= 4 is 17.2 Å². The van der Waals surface area contributed by atoms with Crippen LogP contribution in [0.25, 0.3) is 0 Å². The van der Waals surface area contributed by atoms with Gasteiger partial charge in [0.25, 0.3) is 0 Å². The molecule has 0 radical (unpaired) electrons. The zero-order chi connectivity index (χ0) is 12.2. The quantitative estimate of drug-likeness (QED) is 0.735. The molecule has 0 saturated carbocycles. The van der Waals surface area contributed by atoms with Crippen molar-refractivity contribution in [1.29, 1.82) is 0 Å². The van der Waals surface area contributed by atoms with Gasteiger partial charge in [0.2, 0.25) is 5.78 Å². The van der Waals surface area contributed by atoms with Gasteiger partial charge in [-0.1, -0.05) is 0 Å². The van der Waals surface area contributed by atoms with Gasteiger partial charge in [-0.3, -0.25) is 4.79 Å². The number of halogens is 2. The van der Waals surface area contributed by atoms with E-state index in [1.807, 2.05) is 10.6 Å². The van der Waals surface area contributed by atoms with Crippen LogP contribution in [0.4, 0.5) is 20.2 Å². The van der Waals surface area contributed by atoms with E-state index in [9.17, 15) is 13.6 Å². The first kappa shape index (κ1) is 10.1. The van der Waals surface area contributed by atoms with E-state index in [-0.39, 0.29) is 28.7 Å². The molecule has 5 nitrogen and oxygen atoms in total. The smallest absolute Gasteiger partial charge is 0.409 e. The van der Waals surface area contributed by atoms with Gasteiger partial charge in [-0.2, -0.15) is 8.78 Å². The first-order valence-electron chi connectivity index (χ1n) is 4.91. The minimum Gasteiger partial charge on any atom is -0.444 e. The topological polar surface area (TPSA) is 59.6 Å². The molecule has 0 aliphatic carbocycles. The van der Waals surface area contributed by atoms with Gasteiger partial charge in [0.1, 0.15) is 0 Å². The summed E-state index contributed by atoms with van der Waals surface area (Å²) >= 11 is 0. The van der Waals surface area contributed by atoms with Crippen LogP contribution in [0.5, 0.6) is 11.5 Å². The van der Waals surface area contributed by atoms with E-state index in [0.29, 0.717) is 0 Å². The second-order valence-corrected chi connectivity index (χ2v) is 3.85. The predicted molar refractivity (Wildman–Crippen MR) is 54.4 cm³/mol. The highest BCUT2D eigenvalue weighted by molar-refractivity contribution is 5.83. The number of ether oxygens (including phenoxy) is 2. The van der Waals surface area contributed by atoms with Crippen LogP contribution in [-0.4, -0.2) is 18.2 Å². The lowest BCUT2D eigenvalue weighted by Gasteiger charge is -2.08. The molecule has 2 aliphatic heterocycles. The molecule has 7 heteroatoms. The number of alkyl halides is 2. The molecule has 0 unspecified atom stereocenters. The third kappa shape index (κ3) is 1.54. The van der Waals surface area contributed by atoms with Gasteiger partial charge in [0.05, 0.1) is 11.4 Å². The maximum absolute atomic E-state index is 13.0. The summed E-state index contributed by atoms with van der Waals surface area (Å²) < 4.78 is 36.3. The number of fused-ring (bicyclic) bond motifs is 2. The van der Waals surface area contributed by atoms with Crippen molar-refractivity contribution in [2.24, 2.45) is 0 Å². The summed E-state index contributed by atoms with van der Waals surface area (Å²) in [5, 5.41) is 3.97. The number of carbonyl (C=O) groups excluding carboxylic acids is 1. The molecule has 0 spiro atoms. The molecular weight excluding hydrogens is 234 g/mol. The van der Waals surface area contributed by atoms with Gasteiger partial charge in [-0.25, -0.2) is 0 Å². The molecule has 90 valence electrons. The number of ketones is 1. The van der Waals surface area contributed by atoms with Gasteiger partial charge >= 0.3 is 12.5 Å². The number of Topliss-reactive ketones (excluding diaryl/α,β-unsaturated/α-hetero) is 1. The Hall–Kier alpha value is -2.05. The molecular formula is C10H8F2N2O3. The molecule has 2 aliphatic rings. The highest BCUT2D eigenvalue weighted by Crippen LogP contribution is 2.45. The summed E-state index contributed by atoms with van der Waals surface area (Å²) in [6.45, 7) is 1.33. The Morgan fingerprint density at radius 3 is 2.12 bits per heavy atom. The summed E-state index contributed by atoms with van der Waals surface area (Å²) in [7, 11) is 0. The number of anilines is 2. The van der Waals surface area contributed by atoms with Crippen LogP contribution in [0.2, 0.25) is 0 Å². The fourth-order valence-electron chi connectivity index (χ4n) is 1.74. The summed E-state index contributed by atoms with van der Waals surface area (Å²) in [6, 6.07) is 2.75. The van der Waals surface area contributed by atoms with Crippen molar-refractivity contribution in [3.8, 4) is 11.5 Å². The lowest BCUT2D eigenvalue weighted by molar-refractivity contribution is -0.132. The average Bonchev–Trinajstić information content (AvgIpc) is 2.71.